The third-order valence-electron chi connectivity index (χ3n) is 3.56. The van der Waals surface area contributed by atoms with Crippen LogP contribution in [0.25, 0.3) is 0 Å². The summed E-state index contributed by atoms with van der Waals surface area (Å²) in [7, 11) is 5.90. The van der Waals surface area contributed by atoms with Crippen LogP contribution in [0.1, 0.15) is 18.7 Å². The second kappa shape index (κ2) is 7.20. The summed E-state index contributed by atoms with van der Waals surface area (Å²) in [6, 6.07) is 1.84. The monoisotopic (exact) mass is 298 g/mol. The SMILES string of the molecule is COCc1nc(Cl)cc(N2CCC(CN(C)C)CC2)n1. The smallest absolute Gasteiger partial charge is 0.158 e. The quantitative estimate of drug-likeness (QED) is 0.778. The zero-order valence-electron chi connectivity index (χ0n) is 12.5. The first kappa shape index (κ1) is 15.5. The average Bonchev–Trinajstić information content (AvgIpc) is 2.38. The Morgan fingerprint density at radius 2 is 2.05 bits per heavy atom. The Labute approximate surface area is 125 Å². The molecule has 1 fully saturated rings. The summed E-state index contributed by atoms with van der Waals surface area (Å²) in [4.78, 5) is 13.2. The third-order valence-corrected chi connectivity index (χ3v) is 3.76. The summed E-state index contributed by atoms with van der Waals surface area (Å²) in [5.74, 6) is 2.34. The average molecular weight is 299 g/mol. The van der Waals surface area contributed by atoms with Gasteiger partial charge in [-0.2, -0.15) is 0 Å². The van der Waals surface area contributed by atoms with Crippen molar-refractivity contribution >= 4 is 17.4 Å². The molecule has 0 aliphatic carbocycles. The predicted molar refractivity (Wildman–Crippen MR) is 81.2 cm³/mol. The molecule has 6 heteroatoms. The third kappa shape index (κ3) is 4.30. The van der Waals surface area contributed by atoms with E-state index in [9.17, 15) is 0 Å². The van der Waals surface area contributed by atoms with Crippen LogP contribution in [0, 0.1) is 5.92 Å². The molecular formula is C14H23ClN4O. The highest BCUT2D eigenvalue weighted by Crippen LogP contribution is 2.24. The summed E-state index contributed by atoms with van der Waals surface area (Å²) in [5.41, 5.74) is 0. The molecular weight excluding hydrogens is 276 g/mol. The molecule has 0 saturated carbocycles. The van der Waals surface area contributed by atoms with Crippen molar-refractivity contribution in [1.82, 2.24) is 14.9 Å². The minimum atomic E-state index is 0.394. The summed E-state index contributed by atoms with van der Waals surface area (Å²) < 4.78 is 5.08. The Balaban J connectivity index is 1.99. The van der Waals surface area contributed by atoms with Crippen LogP contribution in [0.4, 0.5) is 5.82 Å². The van der Waals surface area contributed by atoms with Crippen molar-refractivity contribution in [1.29, 1.82) is 0 Å². The second-order valence-corrected chi connectivity index (χ2v) is 5.98. The van der Waals surface area contributed by atoms with E-state index in [0.29, 0.717) is 17.6 Å². The zero-order valence-corrected chi connectivity index (χ0v) is 13.2. The van der Waals surface area contributed by atoms with Gasteiger partial charge in [0.25, 0.3) is 0 Å². The lowest BCUT2D eigenvalue weighted by Gasteiger charge is -2.34. The van der Waals surface area contributed by atoms with Gasteiger partial charge in [0.05, 0.1) is 0 Å². The number of methoxy groups -OCH3 is 1. The zero-order chi connectivity index (χ0) is 14.5. The van der Waals surface area contributed by atoms with Gasteiger partial charge in [0.2, 0.25) is 0 Å². The molecule has 2 rings (SSSR count). The number of piperidine rings is 1. The fourth-order valence-corrected chi connectivity index (χ4v) is 2.86. The maximum atomic E-state index is 6.06. The molecule has 0 spiro atoms. The molecule has 1 aromatic heterocycles. The molecule has 0 amide bonds. The topological polar surface area (TPSA) is 41.5 Å². The fraction of sp³-hybridized carbons (Fsp3) is 0.714. The van der Waals surface area contributed by atoms with Gasteiger partial charge in [-0.25, -0.2) is 9.97 Å². The largest absolute Gasteiger partial charge is 0.377 e. The minimum Gasteiger partial charge on any atom is -0.377 e. The molecule has 0 N–H and O–H groups in total. The lowest BCUT2D eigenvalue weighted by molar-refractivity contribution is 0.177. The van der Waals surface area contributed by atoms with E-state index in [0.717, 1.165) is 31.4 Å². The van der Waals surface area contributed by atoms with Crippen molar-refractivity contribution in [2.24, 2.45) is 5.92 Å². The normalized spacial score (nSPS) is 16.9. The van der Waals surface area contributed by atoms with Gasteiger partial charge in [-0.15, -0.1) is 0 Å². The molecule has 1 aliphatic heterocycles. The van der Waals surface area contributed by atoms with Crippen molar-refractivity contribution in [3.8, 4) is 0 Å². The van der Waals surface area contributed by atoms with Gasteiger partial charge < -0.3 is 14.5 Å². The van der Waals surface area contributed by atoms with E-state index in [1.165, 1.54) is 12.8 Å². The maximum Gasteiger partial charge on any atom is 0.158 e. The highest BCUT2D eigenvalue weighted by molar-refractivity contribution is 6.29. The summed E-state index contributed by atoms with van der Waals surface area (Å²) in [6.07, 6.45) is 2.39. The molecule has 112 valence electrons. The summed E-state index contributed by atoms with van der Waals surface area (Å²) >= 11 is 6.06. The van der Waals surface area contributed by atoms with Crippen LogP contribution < -0.4 is 4.90 Å². The highest BCUT2D eigenvalue weighted by Gasteiger charge is 2.21. The van der Waals surface area contributed by atoms with Gasteiger partial charge in [0.1, 0.15) is 17.6 Å². The Kier molecular flexibility index (Phi) is 5.57. The Hall–Kier alpha value is -0.910. The Morgan fingerprint density at radius 1 is 1.35 bits per heavy atom. The van der Waals surface area contributed by atoms with Crippen LogP contribution >= 0.6 is 11.6 Å². The molecule has 0 aromatic carbocycles. The molecule has 0 unspecified atom stereocenters. The molecule has 1 aromatic rings. The minimum absolute atomic E-state index is 0.394. The van der Waals surface area contributed by atoms with E-state index in [4.69, 9.17) is 16.3 Å². The number of hydrogen-bond acceptors (Lipinski definition) is 5. The van der Waals surface area contributed by atoms with E-state index in [2.05, 4.69) is 33.9 Å². The molecule has 20 heavy (non-hydrogen) atoms. The molecule has 0 atom stereocenters. The first-order chi connectivity index (χ1) is 9.58. The van der Waals surface area contributed by atoms with E-state index in [1.54, 1.807) is 7.11 Å². The van der Waals surface area contributed by atoms with E-state index in [-0.39, 0.29) is 0 Å². The predicted octanol–water partition coefficient (Wildman–Crippen LogP) is 2.05. The standard InChI is InChI=1S/C14H23ClN4O/c1-18(2)9-11-4-6-19(7-5-11)14-8-12(15)16-13(17-14)10-20-3/h8,11H,4-7,9-10H2,1-3H3. The Bertz CT molecular complexity index is 433. The van der Waals surface area contributed by atoms with Gasteiger partial charge in [0, 0.05) is 32.8 Å². The van der Waals surface area contributed by atoms with Crippen LogP contribution in [0.15, 0.2) is 6.07 Å². The number of nitrogens with zero attached hydrogens (tertiary/aromatic N) is 4. The lowest BCUT2D eigenvalue weighted by Crippen LogP contribution is -2.37. The van der Waals surface area contributed by atoms with Crippen molar-refractivity contribution < 1.29 is 4.74 Å². The van der Waals surface area contributed by atoms with Crippen molar-refractivity contribution in [3.63, 3.8) is 0 Å². The summed E-state index contributed by atoms with van der Waals surface area (Å²) in [5, 5.41) is 0.484. The van der Waals surface area contributed by atoms with Crippen LogP contribution in [0.2, 0.25) is 5.15 Å². The number of rotatable bonds is 5. The van der Waals surface area contributed by atoms with Gasteiger partial charge in [0.15, 0.2) is 5.82 Å². The number of halogens is 1. The first-order valence-corrected chi connectivity index (χ1v) is 7.38. The number of hydrogen-bond donors (Lipinski definition) is 0. The van der Waals surface area contributed by atoms with Gasteiger partial charge in [-0.3, -0.25) is 0 Å². The van der Waals surface area contributed by atoms with Gasteiger partial charge in [-0.05, 0) is 32.9 Å². The molecule has 1 saturated heterocycles. The van der Waals surface area contributed by atoms with E-state index >= 15 is 0 Å². The van der Waals surface area contributed by atoms with Crippen LogP contribution in [-0.4, -0.2) is 55.7 Å². The van der Waals surface area contributed by atoms with E-state index in [1.807, 2.05) is 6.07 Å². The molecule has 2 heterocycles. The second-order valence-electron chi connectivity index (χ2n) is 5.59. The number of aromatic nitrogens is 2. The van der Waals surface area contributed by atoms with Crippen molar-refractivity contribution in [2.75, 3.05) is 45.7 Å². The van der Waals surface area contributed by atoms with E-state index < -0.39 is 0 Å². The van der Waals surface area contributed by atoms with Crippen LogP contribution in [0.5, 0.6) is 0 Å². The number of anilines is 1. The molecule has 0 bridgehead atoms. The highest BCUT2D eigenvalue weighted by atomic mass is 35.5. The molecule has 5 nitrogen and oxygen atoms in total. The number of ether oxygens (including phenoxy) is 1. The maximum absolute atomic E-state index is 6.06. The first-order valence-electron chi connectivity index (χ1n) is 7.00. The molecule has 1 aliphatic rings. The summed E-state index contributed by atoms with van der Waals surface area (Å²) in [6.45, 7) is 3.61. The van der Waals surface area contributed by atoms with Crippen LogP contribution in [0.3, 0.4) is 0 Å². The molecule has 0 radical (unpaired) electrons. The van der Waals surface area contributed by atoms with Crippen molar-refractivity contribution in [2.45, 2.75) is 19.4 Å². The van der Waals surface area contributed by atoms with Crippen LogP contribution in [-0.2, 0) is 11.3 Å². The van der Waals surface area contributed by atoms with Gasteiger partial charge >= 0.3 is 0 Å². The van der Waals surface area contributed by atoms with Crippen molar-refractivity contribution in [3.05, 3.63) is 17.0 Å². The van der Waals surface area contributed by atoms with Gasteiger partial charge in [-0.1, -0.05) is 11.6 Å². The Morgan fingerprint density at radius 3 is 2.65 bits per heavy atom. The fourth-order valence-electron chi connectivity index (χ4n) is 2.67. The lowest BCUT2D eigenvalue weighted by atomic mass is 9.96.